The average Bonchev–Trinajstić information content (AvgIpc) is 3.66. The van der Waals surface area contributed by atoms with E-state index in [2.05, 4.69) is 20.4 Å². The van der Waals surface area contributed by atoms with Crippen LogP contribution in [0.4, 0.5) is 24.9 Å². The smallest absolute Gasteiger partial charge is 0.429 e. The number of ether oxygens (including phenoxy) is 2. The molecule has 0 amide bonds. The summed E-state index contributed by atoms with van der Waals surface area (Å²) in [5, 5.41) is 16.9. The summed E-state index contributed by atoms with van der Waals surface area (Å²) in [6.45, 7) is 5.81. The number of halogens is 3. The van der Waals surface area contributed by atoms with Crippen molar-refractivity contribution in [2.45, 2.75) is 51.4 Å². The van der Waals surface area contributed by atoms with Gasteiger partial charge in [0.25, 0.3) is 0 Å². The molecular weight excluding hydrogens is 615 g/mol. The van der Waals surface area contributed by atoms with E-state index >= 15 is 0 Å². The largest absolute Gasteiger partial charge is 0.494 e. The molecule has 2 aliphatic rings. The Hall–Kier alpha value is -4.85. The van der Waals surface area contributed by atoms with E-state index in [0.29, 0.717) is 68.3 Å². The summed E-state index contributed by atoms with van der Waals surface area (Å²) in [5.74, 6) is -0.373. The Labute approximate surface area is 269 Å². The number of aromatic nitrogens is 4. The first-order valence-corrected chi connectivity index (χ1v) is 15.4. The summed E-state index contributed by atoms with van der Waals surface area (Å²) in [5.41, 5.74) is 7.98. The number of anilines is 2. The number of carboxylic acid groups (broad SMARTS) is 1. The lowest BCUT2D eigenvalue weighted by molar-refractivity contribution is -0.198. The maximum atomic E-state index is 14.8. The number of rotatable bonds is 9. The highest BCUT2D eigenvalue weighted by Gasteiger charge is 2.46. The van der Waals surface area contributed by atoms with Crippen molar-refractivity contribution in [2.75, 3.05) is 36.9 Å². The predicted octanol–water partition coefficient (Wildman–Crippen LogP) is 5.33. The second-order valence-corrected chi connectivity index (χ2v) is 12.1. The van der Waals surface area contributed by atoms with Crippen molar-refractivity contribution in [3.8, 4) is 28.4 Å². The predicted molar refractivity (Wildman–Crippen MR) is 169 cm³/mol. The van der Waals surface area contributed by atoms with Crippen molar-refractivity contribution < 1.29 is 32.5 Å². The van der Waals surface area contributed by atoms with E-state index in [4.69, 9.17) is 15.2 Å². The normalized spacial score (nSPS) is 18.3. The Kier molecular flexibility index (Phi) is 8.70. The van der Waals surface area contributed by atoms with Crippen molar-refractivity contribution in [1.29, 1.82) is 0 Å². The Balaban J connectivity index is 1.29. The van der Waals surface area contributed by atoms with Gasteiger partial charge in [-0.15, -0.1) is 0 Å². The number of aryl methyl sites for hydroxylation is 1. The van der Waals surface area contributed by atoms with Crippen molar-refractivity contribution in [2.24, 2.45) is 5.41 Å². The lowest BCUT2D eigenvalue weighted by Crippen LogP contribution is -2.41. The topological polar surface area (TPSA) is 141 Å². The lowest BCUT2D eigenvalue weighted by Gasteiger charge is -2.39. The van der Waals surface area contributed by atoms with Crippen LogP contribution in [0.25, 0.3) is 16.8 Å². The summed E-state index contributed by atoms with van der Waals surface area (Å²) < 4.78 is 57.1. The van der Waals surface area contributed by atoms with Gasteiger partial charge in [0.05, 0.1) is 18.0 Å². The summed E-state index contributed by atoms with van der Waals surface area (Å²) in [7, 11) is 0. The van der Waals surface area contributed by atoms with Crippen LogP contribution in [-0.4, -0.2) is 69.3 Å². The van der Waals surface area contributed by atoms with E-state index in [0.717, 1.165) is 5.56 Å². The third kappa shape index (κ3) is 6.97. The molecule has 2 saturated heterocycles. The number of aliphatic carboxylic acids is 1. The molecule has 2 aliphatic heterocycles. The molecule has 4 aromatic rings. The maximum absolute atomic E-state index is 14.8. The zero-order chi connectivity index (χ0) is 33.3. The first kappa shape index (κ1) is 32.1. The van der Waals surface area contributed by atoms with E-state index in [1.54, 1.807) is 31.3 Å². The van der Waals surface area contributed by atoms with Gasteiger partial charge >= 0.3 is 12.1 Å². The van der Waals surface area contributed by atoms with Crippen LogP contribution in [0, 0.1) is 12.3 Å². The molecule has 2 aromatic carbocycles. The van der Waals surface area contributed by atoms with Gasteiger partial charge in [-0.2, -0.15) is 28.2 Å². The fourth-order valence-electron chi connectivity index (χ4n) is 6.37. The minimum Gasteiger partial charge on any atom is -0.494 e. The minimum atomic E-state index is -4.83. The van der Waals surface area contributed by atoms with Gasteiger partial charge in [-0.3, -0.25) is 4.79 Å². The zero-order valence-electron chi connectivity index (χ0n) is 26.0. The van der Waals surface area contributed by atoms with E-state index in [1.807, 2.05) is 36.1 Å². The Bertz CT molecular complexity index is 1740. The number of carbonyl (C=O) groups is 1. The first-order valence-electron chi connectivity index (χ1n) is 15.4. The molecule has 6 rings (SSSR count). The Morgan fingerprint density at radius 3 is 2.45 bits per heavy atom. The molecular formula is C33H36F3N7O4. The van der Waals surface area contributed by atoms with Crippen molar-refractivity contribution in [1.82, 2.24) is 25.1 Å². The number of alkyl halides is 3. The highest BCUT2D eigenvalue weighted by molar-refractivity contribution is 5.74. The third-order valence-electron chi connectivity index (χ3n) is 8.83. The van der Waals surface area contributed by atoms with Gasteiger partial charge in [0, 0.05) is 37.5 Å². The number of nitrogen functional groups attached to an aromatic ring is 1. The van der Waals surface area contributed by atoms with Gasteiger partial charge in [-0.05, 0) is 73.9 Å². The fraction of sp³-hybridized carbons (Fsp3) is 0.394. The van der Waals surface area contributed by atoms with Crippen LogP contribution in [0.15, 0.2) is 60.8 Å². The summed E-state index contributed by atoms with van der Waals surface area (Å²) >= 11 is 0. The molecule has 4 N–H and O–H groups in total. The highest BCUT2D eigenvalue weighted by atomic mass is 19.4. The molecule has 11 nitrogen and oxygen atoms in total. The average molecular weight is 652 g/mol. The highest BCUT2D eigenvalue weighted by Crippen LogP contribution is 2.43. The quantitative estimate of drug-likeness (QED) is 0.217. The number of nitrogens with zero attached hydrogens (tertiary/aromatic N) is 5. The zero-order valence-corrected chi connectivity index (χ0v) is 26.0. The first-order chi connectivity index (χ1) is 22.4. The minimum absolute atomic E-state index is 0.155. The maximum Gasteiger partial charge on any atom is 0.429 e. The van der Waals surface area contributed by atoms with Crippen LogP contribution in [0.3, 0.4) is 0 Å². The number of hydrogen-bond donors (Lipinski definition) is 3. The van der Waals surface area contributed by atoms with Crippen LogP contribution in [-0.2, 0) is 4.79 Å². The summed E-state index contributed by atoms with van der Waals surface area (Å²) in [6, 6.07) is 14.5. The summed E-state index contributed by atoms with van der Waals surface area (Å²) in [6.07, 6.45) is -3.71. The van der Waals surface area contributed by atoms with Gasteiger partial charge in [-0.25, -0.2) is 4.68 Å². The number of carboxylic acids is 1. The second-order valence-electron chi connectivity index (χ2n) is 12.1. The van der Waals surface area contributed by atoms with Gasteiger partial charge in [0.2, 0.25) is 17.9 Å². The molecule has 0 radical (unpaired) electrons. The van der Waals surface area contributed by atoms with Gasteiger partial charge < -0.3 is 30.5 Å². The molecule has 2 aromatic heterocycles. The number of nitrogens with two attached hydrogens (primary N) is 1. The molecule has 4 heterocycles. The molecule has 14 heteroatoms. The van der Waals surface area contributed by atoms with E-state index in [9.17, 15) is 23.1 Å². The number of piperidine rings is 1. The third-order valence-corrected chi connectivity index (χ3v) is 8.83. The van der Waals surface area contributed by atoms with Crippen LogP contribution in [0.1, 0.15) is 43.5 Å². The van der Waals surface area contributed by atoms with Crippen LogP contribution in [0.2, 0.25) is 0 Å². The number of benzene rings is 2. The second kappa shape index (κ2) is 12.7. The monoisotopic (exact) mass is 651 g/mol. The van der Waals surface area contributed by atoms with Gasteiger partial charge in [0.15, 0.2) is 0 Å². The fourth-order valence-corrected chi connectivity index (χ4v) is 6.37. The standard InChI is InChI=1S/C33H36F3N7O4/c1-3-46-23-7-4-21(5-8-23)22-6-9-24(26(16-22)43-13-10-20(2)41-43)29(33(34,35)36)47-28-17-27(39-31(37)40-28)42-14-11-32(12-15-42)18-25(30(44)45)38-19-32/h4-10,13,16-17,25,29,38H,3,11-12,14-15,18-19H2,1-2H3,(H,44,45)(H2,37,39,40). The van der Waals surface area contributed by atoms with Crippen LogP contribution < -0.4 is 25.4 Å². The van der Waals surface area contributed by atoms with Crippen LogP contribution >= 0.6 is 0 Å². The van der Waals surface area contributed by atoms with Crippen molar-refractivity contribution in [3.63, 3.8) is 0 Å². The number of nitrogens with one attached hydrogen (secondary N) is 1. The van der Waals surface area contributed by atoms with Gasteiger partial charge in [0.1, 0.15) is 17.6 Å². The lowest BCUT2D eigenvalue weighted by atomic mass is 9.76. The van der Waals surface area contributed by atoms with Crippen LogP contribution in [0.5, 0.6) is 11.6 Å². The van der Waals surface area contributed by atoms with E-state index in [1.165, 1.54) is 16.8 Å². The molecule has 0 saturated carbocycles. The Morgan fingerprint density at radius 1 is 1.11 bits per heavy atom. The molecule has 0 aliphatic carbocycles. The molecule has 0 bridgehead atoms. The molecule has 2 fully saturated rings. The molecule has 1 spiro atoms. The molecule has 248 valence electrons. The number of hydrogen-bond acceptors (Lipinski definition) is 9. The molecule has 2 atom stereocenters. The van der Waals surface area contributed by atoms with E-state index < -0.39 is 24.3 Å². The van der Waals surface area contributed by atoms with Crippen molar-refractivity contribution >= 4 is 17.7 Å². The van der Waals surface area contributed by atoms with Gasteiger partial charge in [-0.1, -0.05) is 24.3 Å². The Morgan fingerprint density at radius 2 is 1.83 bits per heavy atom. The van der Waals surface area contributed by atoms with E-state index in [-0.39, 0.29) is 28.5 Å². The van der Waals surface area contributed by atoms with Crippen molar-refractivity contribution in [3.05, 3.63) is 72.1 Å². The molecule has 2 unspecified atom stereocenters. The SMILES string of the molecule is CCOc1ccc(-c2ccc(C(Oc3cc(N4CCC5(CC4)CNC(C(=O)O)C5)nc(N)n3)C(F)(F)F)c(-n3ccc(C)n3)c2)cc1. The molecule has 47 heavy (non-hydrogen) atoms. The summed E-state index contributed by atoms with van der Waals surface area (Å²) in [4.78, 5) is 21.7.